The Morgan fingerprint density at radius 1 is 0.778 bits per heavy atom. The molecule has 6 aromatic rings. The van der Waals surface area contributed by atoms with Crippen molar-refractivity contribution in [2.24, 2.45) is 0 Å². The van der Waals surface area contributed by atoms with E-state index in [0.717, 1.165) is 31.4 Å². The van der Waals surface area contributed by atoms with Crippen LogP contribution in [0.2, 0.25) is 0 Å². The molecule has 0 bridgehead atoms. The van der Waals surface area contributed by atoms with Crippen molar-refractivity contribution in [1.82, 2.24) is 0 Å². The first-order chi connectivity index (χ1) is 22.3. The SMILES string of the molecule is C1=CCCC(C(CCC2=CC3Oc4cc(-c5ccccc5)c5ccccc5c4C3C=C2)c2ccc3c(c2)sc2ccccc23)=C1. The van der Waals surface area contributed by atoms with E-state index >= 15 is 0 Å². The molecule has 0 spiro atoms. The van der Waals surface area contributed by atoms with Crippen LogP contribution in [0.25, 0.3) is 42.1 Å². The molecule has 3 atom stereocenters. The number of allylic oxidation sites excluding steroid dienone is 6. The number of rotatable bonds is 6. The van der Waals surface area contributed by atoms with Gasteiger partial charge in [-0.3, -0.25) is 0 Å². The quantitative estimate of drug-likeness (QED) is 0.185. The second kappa shape index (κ2) is 11.1. The summed E-state index contributed by atoms with van der Waals surface area (Å²) in [5.41, 5.74) is 8.18. The van der Waals surface area contributed by atoms with Crippen molar-refractivity contribution in [2.45, 2.75) is 43.6 Å². The monoisotopic (exact) mass is 598 g/mol. The maximum Gasteiger partial charge on any atom is 0.128 e. The third-order valence-electron chi connectivity index (χ3n) is 10.00. The smallest absolute Gasteiger partial charge is 0.128 e. The summed E-state index contributed by atoms with van der Waals surface area (Å²) < 4.78 is 9.51. The largest absolute Gasteiger partial charge is 0.485 e. The van der Waals surface area contributed by atoms with Crippen LogP contribution in [-0.2, 0) is 0 Å². The van der Waals surface area contributed by atoms with Crippen molar-refractivity contribution >= 4 is 42.3 Å². The lowest BCUT2D eigenvalue weighted by Gasteiger charge is -2.24. The molecule has 0 saturated carbocycles. The molecule has 2 heterocycles. The Kier molecular flexibility index (Phi) is 6.56. The number of fused-ring (bicyclic) bond motifs is 8. The Morgan fingerprint density at radius 3 is 2.44 bits per heavy atom. The van der Waals surface area contributed by atoms with Crippen molar-refractivity contribution in [3.8, 4) is 16.9 Å². The van der Waals surface area contributed by atoms with Gasteiger partial charge in [-0.15, -0.1) is 11.3 Å². The summed E-state index contributed by atoms with van der Waals surface area (Å²) in [4.78, 5) is 0. The molecule has 218 valence electrons. The van der Waals surface area contributed by atoms with E-state index in [1.807, 2.05) is 11.3 Å². The Bertz CT molecular complexity index is 2210. The van der Waals surface area contributed by atoms with Gasteiger partial charge in [0.05, 0.1) is 0 Å². The van der Waals surface area contributed by atoms with E-state index in [-0.39, 0.29) is 12.0 Å². The minimum absolute atomic E-state index is 0.0413. The van der Waals surface area contributed by atoms with Crippen LogP contribution in [0.15, 0.2) is 151 Å². The van der Waals surface area contributed by atoms with Gasteiger partial charge in [0, 0.05) is 37.6 Å². The second-order valence-electron chi connectivity index (χ2n) is 12.6. The highest BCUT2D eigenvalue weighted by Crippen LogP contribution is 2.49. The van der Waals surface area contributed by atoms with Gasteiger partial charge in [0.15, 0.2) is 0 Å². The Hall–Kier alpha value is -4.66. The molecular weight excluding hydrogens is 565 g/mol. The molecule has 0 fully saturated rings. The molecule has 3 unspecified atom stereocenters. The van der Waals surface area contributed by atoms with Gasteiger partial charge in [-0.2, -0.15) is 0 Å². The molecule has 2 aliphatic carbocycles. The fraction of sp³-hybridized carbons (Fsp3) is 0.163. The van der Waals surface area contributed by atoms with Crippen molar-refractivity contribution < 1.29 is 4.74 Å². The van der Waals surface area contributed by atoms with Gasteiger partial charge in [-0.25, -0.2) is 0 Å². The van der Waals surface area contributed by atoms with Crippen LogP contribution in [-0.4, -0.2) is 6.10 Å². The highest BCUT2D eigenvalue weighted by molar-refractivity contribution is 7.25. The molecule has 1 aromatic heterocycles. The summed E-state index contributed by atoms with van der Waals surface area (Å²) in [6.45, 7) is 0. The average Bonchev–Trinajstić information content (AvgIpc) is 3.66. The molecule has 2 heteroatoms. The molecular formula is C43H34OS. The number of thiophene rings is 1. The summed E-state index contributed by atoms with van der Waals surface area (Å²) >= 11 is 1.92. The zero-order chi connectivity index (χ0) is 29.7. The van der Waals surface area contributed by atoms with Crippen LogP contribution in [0.1, 0.15) is 48.6 Å². The van der Waals surface area contributed by atoms with Gasteiger partial charge in [0.1, 0.15) is 11.9 Å². The standard InChI is InChI=1S/C43H34OS/c1-3-11-29(12-4-1)32(31-21-24-35-34-16-9-10-18-41(34)45-42(35)26-31)22-19-28-20-23-37-39(25-28)44-40-27-38(30-13-5-2-6-14-30)33-15-7-8-17-36(33)43(37)40/h1-3,5-11,13-18,20-21,23-27,32,37,39H,4,12,19,22H2. The van der Waals surface area contributed by atoms with Gasteiger partial charge < -0.3 is 4.74 Å². The third kappa shape index (κ3) is 4.67. The van der Waals surface area contributed by atoms with Crippen LogP contribution in [0.3, 0.4) is 0 Å². The van der Waals surface area contributed by atoms with Crippen LogP contribution in [0, 0.1) is 0 Å². The van der Waals surface area contributed by atoms with Crippen LogP contribution in [0.5, 0.6) is 5.75 Å². The maximum atomic E-state index is 6.75. The lowest BCUT2D eigenvalue weighted by molar-refractivity contribution is 0.267. The number of hydrogen-bond acceptors (Lipinski definition) is 2. The maximum absolute atomic E-state index is 6.75. The Balaban J connectivity index is 1.02. The minimum atomic E-state index is 0.0413. The highest BCUT2D eigenvalue weighted by Gasteiger charge is 2.35. The molecule has 3 aliphatic rings. The van der Waals surface area contributed by atoms with Gasteiger partial charge in [-0.1, -0.05) is 121 Å². The van der Waals surface area contributed by atoms with Gasteiger partial charge in [0.25, 0.3) is 0 Å². The van der Waals surface area contributed by atoms with E-state index in [9.17, 15) is 0 Å². The normalized spacial score (nSPS) is 19.3. The molecule has 0 amide bonds. The predicted molar refractivity (Wildman–Crippen MR) is 192 cm³/mol. The molecule has 9 rings (SSSR count). The Morgan fingerprint density at radius 2 is 1.58 bits per heavy atom. The van der Waals surface area contributed by atoms with E-state index in [1.165, 1.54) is 58.8 Å². The lowest BCUT2D eigenvalue weighted by atomic mass is 9.80. The van der Waals surface area contributed by atoms with Crippen molar-refractivity contribution in [3.63, 3.8) is 0 Å². The summed E-state index contributed by atoms with van der Waals surface area (Å²) in [6, 6.07) is 37.8. The molecule has 0 N–H and O–H groups in total. The highest BCUT2D eigenvalue weighted by atomic mass is 32.1. The fourth-order valence-electron chi connectivity index (χ4n) is 7.81. The minimum Gasteiger partial charge on any atom is -0.485 e. The zero-order valence-corrected chi connectivity index (χ0v) is 26.0. The van der Waals surface area contributed by atoms with E-state index < -0.39 is 0 Å². The van der Waals surface area contributed by atoms with Crippen LogP contribution < -0.4 is 4.74 Å². The summed E-state index contributed by atoms with van der Waals surface area (Å²) in [5.74, 6) is 1.69. The first kappa shape index (κ1) is 26.7. The number of benzene rings is 5. The van der Waals surface area contributed by atoms with Crippen molar-refractivity contribution in [1.29, 1.82) is 0 Å². The first-order valence-electron chi connectivity index (χ1n) is 16.2. The van der Waals surface area contributed by atoms with E-state index in [0.29, 0.717) is 5.92 Å². The lowest BCUT2D eigenvalue weighted by Crippen LogP contribution is -2.18. The van der Waals surface area contributed by atoms with E-state index in [2.05, 4.69) is 140 Å². The average molecular weight is 599 g/mol. The van der Waals surface area contributed by atoms with Crippen LogP contribution in [0.4, 0.5) is 0 Å². The zero-order valence-electron chi connectivity index (χ0n) is 25.2. The molecule has 45 heavy (non-hydrogen) atoms. The molecule has 1 aliphatic heterocycles. The molecule has 5 aromatic carbocycles. The molecule has 0 saturated heterocycles. The van der Waals surface area contributed by atoms with E-state index in [4.69, 9.17) is 4.74 Å². The fourth-order valence-corrected chi connectivity index (χ4v) is 8.96. The van der Waals surface area contributed by atoms with E-state index in [1.54, 1.807) is 5.57 Å². The molecule has 0 radical (unpaired) electrons. The molecule has 1 nitrogen and oxygen atoms in total. The summed E-state index contributed by atoms with van der Waals surface area (Å²) in [7, 11) is 0. The predicted octanol–water partition coefficient (Wildman–Crippen LogP) is 12.1. The topological polar surface area (TPSA) is 9.23 Å². The van der Waals surface area contributed by atoms with Crippen molar-refractivity contribution in [3.05, 3.63) is 162 Å². The number of hydrogen-bond donors (Lipinski definition) is 0. The first-order valence-corrected chi connectivity index (χ1v) is 17.1. The Labute approximate surface area is 268 Å². The van der Waals surface area contributed by atoms with Crippen LogP contribution >= 0.6 is 11.3 Å². The van der Waals surface area contributed by atoms with Gasteiger partial charge in [0.2, 0.25) is 0 Å². The van der Waals surface area contributed by atoms with Crippen molar-refractivity contribution in [2.75, 3.05) is 0 Å². The second-order valence-corrected chi connectivity index (χ2v) is 13.7. The number of ether oxygens (including phenoxy) is 1. The van der Waals surface area contributed by atoms with Gasteiger partial charge in [-0.05, 0) is 83.0 Å². The van der Waals surface area contributed by atoms with Gasteiger partial charge >= 0.3 is 0 Å². The summed E-state index contributed by atoms with van der Waals surface area (Å²) in [5, 5.41) is 5.34. The third-order valence-corrected chi connectivity index (χ3v) is 11.1. The summed E-state index contributed by atoms with van der Waals surface area (Å²) in [6.07, 6.45) is 18.5.